The molecule has 6 heteroatoms. The van der Waals surface area contributed by atoms with E-state index in [1.165, 1.54) is 25.0 Å². The summed E-state index contributed by atoms with van der Waals surface area (Å²) in [5, 5.41) is 20.1. The van der Waals surface area contributed by atoms with Gasteiger partial charge in [-0.15, -0.1) is 0 Å². The van der Waals surface area contributed by atoms with E-state index in [4.69, 9.17) is 4.74 Å². The summed E-state index contributed by atoms with van der Waals surface area (Å²) in [6.07, 6.45) is 2.54. The Morgan fingerprint density at radius 2 is 2.25 bits per heavy atom. The fourth-order valence-electron chi connectivity index (χ4n) is 2.04. The second-order valence-electron chi connectivity index (χ2n) is 5.17. The van der Waals surface area contributed by atoms with Crippen LogP contribution in [0.3, 0.4) is 0 Å². The number of benzene rings is 1. The summed E-state index contributed by atoms with van der Waals surface area (Å²) in [5.74, 6) is 0.743. The van der Waals surface area contributed by atoms with Gasteiger partial charge in [0.15, 0.2) is 0 Å². The van der Waals surface area contributed by atoms with Gasteiger partial charge in [-0.3, -0.25) is 10.1 Å². The summed E-state index contributed by atoms with van der Waals surface area (Å²) in [6, 6.07) is 4.54. The highest BCUT2D eigenvalue weighted by Crippen LogP contribution is 2.29. The Morgan fingerprint density at radius 3 is 2.85 bits per heavy atom. The van der Waals surface area contributed by atoms with Gasteiger partial charge < -0.3 is 14.7 Å². The van der Waals surface area contributed by atoms with Crippen molar-refractivity contribution in [1.82, 2.24) is 0 Å². The molecule has 20 heavy (non-hydrogen) atoms. The second-order valence-corrected chi connectivity index (χ2v) is 5.17. The number of hydrogen-bond donors (Lipinski definition) is 1. The molecule has 0 amide bonds. The van der Waals surface area contributed by atoms with E-state index in [2.05, 4.69) is 0 Å². The predicted molar refractivity (Wildman–Crippen MR) is 75.8 cm³/mol. The van der Waals surface area contributed by atoms with Crippen molar-refractivity contribution in [1.29, 1.82) is 0 Å². The van der Waals surface area contributed by atoms with Gasteiger partial charge in [0, 0.05) is 43.6 Å². The highest BCUT2D eigenvalue weighted by Gasteiger charge is 2.21. The van der Waals surface area contributed by atoms with Gasteiger partial charge in [0.2, 0.25) is 0 Å². The van der Waals surface area contributed by atoms with Crippen molar-refractivity contribution in [2.24, 2.45) is 5.92 Å². The van der Waals surface area contributed by atoms with Crippen LogP contribution in [0.15, 0.2) is 18.2 Å². The molecule has 0 unspecified atom stereocenters. The molecule has 0 radical (unpaired) electrons. The highest BCUT2D eigenvalue weighted by atomic mass is 16.6. The monoisotopic (exact) mass is 280 g/mol. The maximum absolute atomic E-state index is 10.7. The number of anilines is 1. The molecule has 2 rings (SSSR count). The first-order valence-electron chi connectivity index (χ1n) is 6.79. The number of likely N-dealkylation sites (N-methyl/N-ethyl adjacent to an activating group) is 1. The number of rotatable bonds is 8. The topological polar surface area (TPSA) is 75.8 Å². The smallest absolute Gasteiger partial charge is 0.269 e. The Labute approximate surface area is 118 Å². The van der Waals surface area contributed by atoms with Gasteiger partial charge in [-0.25, -0.2) is 0 Å². The van der Waals surface area contributed by atoms with Gasteiger partial charge in [-0.1, -0.05) is 0 Å². The van der Waals surface area contributed by atoms with Crippen LogP contribution >= 0.6 is 0 Å². The van der Waals surface area contributed by atoms with E-state index in [1.807, 2.05) is 11.9 Å². The normalized spacial score (nSPS) is 14.3. The molecule has 1 aliphatic carbocycles. The highest BCUT2D eigenvalue weighted by molar-refractivity contribution is 5.57. The lowest BCUT2D eigenvalue weighted by Gasteiger charge is -2.21. The van der Waals surface area contributed by atoms with Gasteiger partial charge >= 0.3 is 0 Å². The minimum atomic E-state index is -0.457. The molecule has 1 aromatic carbocycles. The average Bonchev–Trinajstić information content (AvgIpc) is 3.26. The van der Waals surface area contributed by atoms with E-state index in [9.17, 15) is 15.2 Å². The maximum Gasteiger partial charge on any atom is 0.269 e. The van der Waals surface area contributed by atoms with Crippen LogP contribution in [-0.2, 0) is 11.3 Å². The first-order valence-corrected chi connectivity index (χ1v) is 6.79. The number of nitro benzene ring substituents is 1. The van der Waals surface area contributed by atoms with Crippen molar-refractivity contribution in [2.45, 2.75) is 19.4 Å². The van der Waals surface area contributed by atoms with Crippen LogP contribution in [0.4, 0.5) is 11.4 Å². The fraction of sp³-hybridized carbons (Fsp3) is 0.571. The molecular formula is C14H20N2O4. The third-order valence-corrected chi connectivity index (χ3v) is 3.48. The van der Waals surface area contributed by atoms with Crippen molar-refractivity contribution in [3.63, 3.8) is 0 Å². The van der Waals surface area contributed by atoms with E-state index in [1.54, 1.807) is 6.07 Å². The molecule has 0 aromatic heterocycles. The number of non-ortho nitro benzene ring substituents is 1. The van der Waals surface area contributed by atoms with Crippen LogP contribution in [0, 0.1) is 16.0 Å². The SMILES string of the molecule is CN(CCOCC1CC1)c1ccc([N+](=O)[O-])cc1CO. The lowest BCUT2D eigenvalue weighted by molar-refractivity contribution is -0.384. The molecule has 1 saturated carbocycles. The Hall–Kier alpha value is -1.66. The zero-order chi connectivity index (χ0) is 14.5. The largest absolute Gasteiger partial charge is 0.392 e. The molecular weight excluding hydrogens is 260 g/mol. The van der Waals surface area contributed by atoms with E-state index in [-0.39, 0.29) is 12.3 Å². The van der Waals surface area contributed by atoms with E-state index < -0.39 is 4.92 Å². The first-order chi connectivity index (χ1) is 9.61. The molecule has 0 heterocycles. The molecule has 1 fully saturated rings. The summed E-state index contributed by atoms with van der Waals surface area (Å²) in [4.78, 5) is 12.2. The molecule has 0 aliphatic heterocycles. The standard InChI is InChI=1S/C14H20N2O4/c1-15(6-7-20-10-11-2-3-11)14-5-4-13(16(18)19)8-12(14)9-17/h4-5,8,11,17H,2-3,6-7,9-10H2,1H3. The van der Waals surface area contributed by atoms with Crippen molar-refractivity contribution in [3.8, 4) is 0 Å². The van der Waals surface area contributed by atoms with Crippen LogP contribution in [0.1, 0.15) is 18.4 Å². The summed E-state index contributed by atoms with van der Waals surface area (Å²) in [5.41, 5.74) is 1.35. The Kier molecular flexibility index (Phi) is 4.92. The lowest BCUT2D eigenvalue weighted by atomic mass is 10.1. The third kappa shape index (κ3) is 3.91. The first kappa shape index (κ1) is 14.7. The Bertz CT molecular complexity index is 474. The molecule has 0 bridgehead atoms. The Morgan fingerprint density at radius 1 is 1.50 bits per heavy atom. The fourth-order valence-corrected chi connectivity index (χ4v) is 2.04. The predicted octanol–water partition coefficient (Wildman–Crippen LogP) is 1.95. The number of nitrogens with zero attached hydrogens (tertiary/aromatic N) is 2. The molecule has 0 saturated heterocycles. The summed E-state index contributed by atoms with van der Waals surface area (Å²) < 4.78 is 5.57. The van der Waals surface area contributed by atoms with Crippen LogP contribution in [0.2, 0.25) is 0 Å². The molecule has 0 atom stereocenters. The van der Waals surface area contributed by atoms with E-state index >= 15 is 0 Å². The van der Waals surface area contributed by atoms with E-state index in [0.717, 1.165) is 18.2 Å². The van der Waals surface area contributed by atoms with Gasteiger partial charge in [-0.05, 0) is 24.8 Å². The molecule has 1 aliphatic rings. The van der Waals surface area contributed by atoms with E-state index in [0.29, 0.717) is 18.7 Å². The summed E-state index contributed by atoms with van der Waals surface area (Å²) in [6.45, 7) is 1.91. The molecule has 110 valence electrons. The number of ether oxygens (including phenoxy) is 1. The van der Waals surface area contributed by atoms with Gasteiger partial charge in [0.05, 0.1) is 18.1 Å². The van der Waals surface area contributed by atoms with Crippen molar-refractivity contribution >= 4 is 11.4 Å². The number of aliphatic hydroxyl groups excluding tert-OH is 1. The molecule has 1 N–H and O–H groups in total. The van der Waals surface area contributed by atoms with Crippen molar-refractivity contribution in [3.05, 3.63) is 33.9 Å². The third-order valence-electron chi connectivity index (χ3n) is 3.48. The minimum Gasteiger partial charge on any atom is -0.392 e. The van der Waals surface area contributed by atoms with Gasteiger partial charge in [0.25, 0.3) is 5.69 Å². The average molecular weight is 280 g/mol. The van der Waals surface area contributed by atoms with Crippen LogP contribution in [-0.4, -0.2) is 36.8 Å². The second kappa shape index (κ2) is 6.67. The number of aliphatic hydroxyl groups is 1. The van der Waals surface area contributed by atoms with Crippen LogP contribution in [0.25, 0.3) is 0 Å². The molecule has 6 nitrogen and oxygen atoms in total. The quantitative estimate of drug-likeness (QED) is 0.447. The van der Waals surface area contributed by atoms with Gasteiger partial charge in [-0.2, -0.15) is 0 Å². The Balaban J connectivity index is 1.92. The lowest BCUT2D eigenvalue weighted by Crippen LogP contribution is -2.24. The van der Waals surface area contributed by atoms with Crippen molar-refractivity contribution in [2.75, 3.05) is 31.7 Å². The zero-order valence-corrected chi connectivity index (χ0v) is 11.6. The van der Waals surface area contributed by atoms with Gasteiger partial charge in [0.1, 0.15) is 0 Å². The molecule has 0 spiro atoms. The van der Waals surface area contributed by atoms with Crippen LogP contribution in [0.5, 0.6) is 0 Å². The van der Waals surface area contributed by atoms with Crippen LogP contribution < -0.4 is 4.90 Å². The number of hydrogen-bond acceptors (Lipinski definition) is 5. The zero-order valence-electron chi connectivity index (χ0n) is 11.6. The minimum absolute atomic E-state index is 0.00353. The number of nitro groups is 1. The summed E-state index contributed by atoms with van der Waals surface area (Å²) in [7, 11) is 1.89. The maximum atomic E-state index is 10.7. The van der Waals surface area contributed by atoms with Crippen molar-refractivity contribution < 1.29 is 14.8 Å². The summed E-state index contributed by atoms with van der Waals surface area (Å²) >= 11 is 0. The molecule has 1 aromatic rings.